The molecule has 0 N–H and O–H groups in total. The second kappa shape index (κ2) is 8.01. The molecule has 1 fully saturated rings. The van der Waals surface area contributed by atoms with Crippen molar-refractivity contribution in [3.8, 4) is 6.07 Å². The van der Waals surface area contributed by atoms with Gasteiger partial charge >= 0.3 is 0 Å². The van der Waals surface area contributed by atoms with Gasteiger partial charge in [0, 0.05) is 35.2 Å². The maximum atomic E-state index is 13.0. The molecule has 0 radical (unpaired) electrons. The minimum atomic E-state index is -0.485. The molecular weight excluding hydrogens is 424 g/mol. The van der Waals surface area contributed by atoms with Gasteiger partial charge in [-0.15, -0.1) is 0 Å². The van der Waals surface area contributed by atoms with Crippen LogP contribution in [0.1, 0.15) is 23.5 Å². The molecule has 2 aliphatic rings. The lowest BCUT2D eigenvalue weighted by Gasteiger charge is -2.42. The molecule has 0 bridgehead atoms. The van der Waals surface area contributed by atoms with E-state index in [1.807, 2.05) is 30.0 Å². The number of carbonyl (C=O) groups is 1. The second-order valence-electron chi connectivity index (χ2n) is 7.15. The molecule has 1 amide bonds. The fraction of sp³-hybridized carbons (Fsp3) is 0.238. The molecular formula is C21H17ClN4O3S. The summed E-state index contributed by atoms with van der Waals surface area (Å²) in [6, 6.07) is 14.2. The molecule has 0 aromatic heterocycles. The number of hydrogen-bond donors (Lipinski definition) is 0. The topological polar surface area (TPSA) is 90.5 Å². The first-order chi connectivity index (χ1) is 14.4. The molecule has 4 rings (SSSR count). The summed E-state index contributed by atoms with van der Waals surface area (Å²) in [5.74, 6) is -0.0387. The average molecular weight is 441 g/mol. The number of amides is 1. The highest BCUT2D eigenvalue weighted by molar-refractivity contribution is 8.03. The van der Waals surface area contributed by atoms with Gasteiger partial charge in [0.25, 0.3) is 5.69 Å². The SMILES string of the molecule is Cc1ccc(N2CSC3=C(C#N)[C@@H](c4cccc([N+](=O)[O-])c4)CC(=O)N3C2)cc1Cl. The van der Waals surface area contributed by atoms with E-state index in [2.05, 4.69) is 6.07 Å². The van der Waals surface area contributed by atoms with Crippen molar-refractivity contribution in [2.24, 2.45) is 0 Å². The monoisotopic (exact) mass is 440 g/mol. The van der Waals surface area contributed by atoms with Gasteiger partial charge in [0.15, 0.2) is 0 Å². The minimum Gasteiger partial charge on any atom is -0.344 e. The quantitative estimate of drug-likeness (QED) is 0.504. The first kappa shape index (κ1) is 20.3. The van der Waals surface area contributed by atoms with Crippen molar-refractivity contribution in [3.05, 3.63) is 79.3 Å². The van der Waals surface area contributed by atoms with Crippen molar-refractivity contribution >= 4 is 40.6 Å². The number of carbonyl (C=O) groups excluding carboxylic acids is 1. The van der Waals surface area contributed by atoms with Gasteiger partial charge in [-0.25, -0.2) is 0 Å². The number of hydrogen-bond acceptors (Lipinski definition) is 6. The Balaban J connectivity index is 1.67. The molecule has 2 aliphatic heterocycles. The first-order valence-electron chi connectivity index (χ1n) is 9.22. The summed E-state index contributed by atoms with van der Waals surface area (Å²) in [6.07, 6.45) is 0.0939. The molecule has 30 heavy (non-hydrogen) atoms. The lowest BCUT2D eigenvalue weighted by atomic mass is 9.86. The third kappa shape index (κ3) is 3.62. The van der Waals surface area contributed by atoms with Crippen LogP contribution in [0.25, 0.3) is 0 Å². The summed E-state index contributed by atoms with van der Waals surface area (Å²) in [7, 11) is 0. The Morgan fingerprint density at radius 1 is 1.30 bits per heavy atom. The number of rotatable bonds is 3. The molecule has 0 aliphatic carbocycles. The Bertz CT molecular complexity index is 1130. The number of nitro groups is 1. The Kier molecular flexibility index (Phi) is 5.41. The molecule has 7 nitrogen and oxygen atoms in total. The summed E-state index contributed by atoms with van der Waals surface area (Å²) in [5.41, 5.74) is 2.91. The van der Waals surface area contributed by atoms with E-state index >= 15 is 0 Å². The van der Waals surface area contributed by atoms with Crippen molar-refractivity contribution in [1.82, 2.24) is 4.90 Å². The number of fused-ring (bicyclic) bond motifs is 1. The second-order valence-corrected chi connectivity index (χ2v) is 8.49. The molecule has 1 saturated heterocycles. The van der Waals surface area contributed by atoms with Crippen LogP contribution in [0.3, 0.4) is 0 Å². The largest absolute Gasteiger partial charge is 0.344 e. The molecule has 152 valence electrons. The van der Waals surface area contributed by atoms with Crippen LogP contribution >= 0.6 is 23.4 Å². The molecule has 0 unspecified atom stereocenters. The van der Waals surface area contributed by atoms with E-state index in [0.717, 1.165) is 11.3 Å². The fourth-order valence-electron chi connectivity index (χ4n) is 3.64. The van der Waals surface area contributed by atoms with Gasteiger partial charge in [0.05, 0.1) is 34.1 Å². The predicted octanol–water partition coefficient (Wildman–Crippen LogP) is 4.78. The number of thioether (sulfide) groups is 1. The Morgan fingerprint density at radius 3 is 2.80 bits per heavy atom. The molecule has 2 aromatic carbocycles. The standard InChI is InChI=1S/C21H17ClN4O3S/c1-13-5-6-15(8-19(13)22)24-11-25-20(27)9-17(18(10-23)21(25)30-12-24)14-3-2-4-16(7-14)26(28)29/h2-8,17H,9,11-12H2,1H3/t17-/m1/s1. The number of anilines is 1. The summed E-state index contributed by atoms with van der Waals surface area (Å²) >= 11 is 7.67. The molecule has 9 heteroatoms. The van der Waals surface area contributed by atoms with E-state index in [0.29, 0.717) is 33.7 Å². The van der Waals surface area contributed by atoms with Crippen LogP contribution in [0, 0.1) is 28.4 Å². The summed E-state index contributed by atoms with van der Waals surface area (Å²) in [6.45, 7) is 2.26. The normalized spacial score (nSPS) is 18.8. The number of nitrogens with zero attached hydrogens (tertiary/aromatic N) is 4. The Morgan fingerprint density at radius 2 is 2.10 bits per heavy atom. The van der Waals surface area contributed by atoms with Crippen LogP contribution in [0.5, 0.6) is 0 Å². The number of nitro benzene ring substituents is 1. The number of allylic oxidation sites excluding steroid dienone is 1. The maximum Gasteiger partial charge on any atom is 0.269 e. The molecule has 0 saturated carbocycles. The number of aryl methyl sites for hydroxylation is 1. The fourth-order valence-corrected chi connectivity index (χ4v) is 4.99. The van der Waals surface area contributed by atoms with Gasteiger partial charge in [-0.2, -0.15) is 5.26 Å². The highest BCUT2D eigenvalue weighted by Crippen LogP contribution is 2.43. The molecule has 0 spiro atoms. The lowest BCUT2D eigenvalue weighted by molar-refractivity contribution is -0.384. The highest BCUT2D eigenvalue weighted by Gasteiger charge is 2.38. The zero-order valence-corrected chi connectivity index (χ0v) is 17.6. The third-order valence-electron chi connectivity index (χ3n) is 5.30. The van der Waals surface area contributed by atoms with E-state index in [1.54, 1.807) is 17.0 Å². The molecule has 2 heterocycles. The lowest BCUT2D eigenvalue weighted by Crippen LogP contribution is -2.47. The van der Waals surface area contributed by atoms with Crippen LogP contribution < -0.4 is 4.90 Å². The van der Waals surface area contributed by atoms with E-state index in [1.165, 1.54) is 23.9 Å². The van der Waals surface area contributed by atoms with Gasteiger partial charge in [-0.3, -0.25) is 19.8 Å². The summed E-state index contributed by atoms with van der Waals surface area (Å²) < 4.78 is 0. The summed E-state index contributed by atoms with van der Waals surface area (Å²) in [4.78, 5) is 27.3. The van der Waals surface area contributed by atoms with E-state index in [-0.39, 0.29) is 18.0 Å². The van der Waals surface area contributed by atoms with Crippen molar-refractivity contribution in [2.45, 2.75) is 19.3 Å². The number of halogens is 1. The van der Waals surface area contributed by atoms with E-state index in [9.17, 15) is 20.2 Å². The Hall–Kier alpha value is -3.02. The zero-order chi connectivity index (χ0) is 21.4. The number of nitriles is 1. The van der Waals surface area contributed by atoms with Crippen LogP contribution in [-0.2, 0) is 4.79 Å². The summed E-state index contributed by atoms with van der Waals surface area (Å²) in [5, 5.41) is 22.3. The van der Waals surface area contributed by atoms with Gasteiger partial charge in [0.1, 0.15) is 0 Å². The van der Waals surface area contributed by atoms with Crippen LogP contribution in [0.2, 0.25) is 5.02 Å². The van der Waals surface area contributed by atoms with Crippen LogP contribution in [0.4, 0.5) is 11.4 Å². The highest BCUT2D eigenvalue weighted by atomic mass is 35.5. The number of non-ortho nitro benzene ring substituents is 1. The van der Waals surface area contributed by atoms with Gasteiger partial charge in [-0.1, -0.05) is 41.6 Å². The van der Waals surface area contributed by atoms with Crippen LogP contribution in [0.15, 0.2) is 53.1 Å². The molecule has 1 atom stereocenters. The average Bonchev–Trinajstić information content (AvgIpc) is 2.75. The van der Waals surface area contributed by atoms with Gasteiger partial charge in [0.2, 0.25) is 5.91 Å². The third-order valence-corrected chi connectivity index (χ3v) is 6.86. The van der Waals surface area contributed by atoms with Crippen molar-refractivity contribution < 1.29 is 9.72 Å². The van der Waals surface area contributed by atoms with Crippen molar-refractivity contribution in [3.63, 3.8) is 0 Å². The van der Waals surface area contributed by atoms with E-state index in [4.69, 9.17) is 11.6 Å². The molecule has 2 aromatic rings. The van der Waals surface area contributed by atoms with Gasteiger partial charge < -0.3 is 4.90 Å². The number of benzene rings is 2. The minimum absolute atomic E-state index is 0.0524. The van der Waals surface area contributed by atoms with E-state index < -0.39 is 10.8 Å². The Labute approximate surface area is 182 Å². The van der Waals surface area contributed by atoms with Crippen molar-refractivity contribution in [2.75, 3.05) is 17.4 Å². The van der Waals surface area contributed by atoms with Gasteiger partial charge in [-0.05, 0) is 30.2 Å². The smallest absolute Gasteiger partial charge is 0.269 e. The van der Waals surface area contributed by atoms with Crippen molar-refractivity contribution in [1.29, 1.82) is 5.26 Å². The maximum absolute atomic E-state index is 13.0. The van der Waals surface area contributed by atoms with Crippen LogP contribution in [-0.4, -0.2) is 28.3 Å². The zero-order valence-electron chi connectivity index (χ0n) is 16.0. The predicted molar refractivity (Wildman–Crippen MR) is 116 cm³/mol. The first-order valence-corrected chi connectivity index (χ1v) is 10.6.